The molecule has 0 aliphatic rings. The quantitative estimate of drug-likeness (QED) is 0.196. The highest BCUT2D eigenvalue weighted by Gasteiger charge is 2.04. The van der Waals surface area contributed by atoms with Gasteiger partial charge in [-0.3, -0.25) is 0 Å². The molecule has 3 aromatic carbocycles. The van der Waals surface area contributed by atoms with Crippen LogP contribution in [0.4, 0.5) is 5.69 Å². The van der Waals surface area contributed by atoms with E-state index < -0.39 is 0 Å². The topological polar surface area (TPSA) is 37.0 Å². The maximum atomic E-state index is 4.81. The molecule has 3 heteroatoms. The first kappa shape index (κ1) is 21.3. The third-order valence-corrected chi connectivity index (χ3v) is 5.83. The highest BCUT2D eigenvalue weighted by Crippen LogP contribution is 2.26. The van der Waals surface area contributed by atoms with Gasteiger partial charge in [-0.2, -0.15) is 0 Å². The van der Waals surface area contributed by atoms with Crippen molar-refractivity contribution >= 4 is 27.5 Å². The van der Waals surface area contributed by atoms with Crippen molar-refractivity contribution in [2.24, 2.45) is 0 Å². The first-order chi connectivity index (χ1) is 15.4. The lowest BCUT2D eigenvalue weighted by Gasteiger charge is -2.10. The number of anilines is 1. The van der Waals surface area contributed by atoms with E-state index in [4.69, 9.17) is 4.98 Å². The summed E-state index contributed by atoms with van der Waals surface area (Å²) in [5.74, 6) is 0. The monoisotopic (exact) mass is 411 g/mol. The van der Waals surface area contributed by atoms with Gasteiger partial charge in [0.25, 0.3) is 0 Å². The molecule has 4 rings (SSSR count). The van der Waals surface area contributed by atoms with Crippen molar-refractivity contribution in [2.75, 3.05) is 18.4 Å². The Bertz CT molecular complexity index is 1080. The average Bonchev–Trinajstić information content (AvgIpc) is 2.82. The second-order valence-electron chi connectivity index (χ2n) is 8.26. The summed E-state index contributed by atoms with van der Waals surface area (Å²) in [7, 11) is 0. The molecule has 0 saturated heterocycles. The van der Waals surface area contributed by atoms with Gasteiger partial charge in [-0.05, 0) is 49.2 Å². The van der Waals surface area contributed by atoms with E-state index in [1.807, 2.05) is 6.07 Å². The predicted octanol–water partition coefficient (Wildman–Crippen LogP) is 6.93. The Balaban J connectivity index is 1.11. The van der Waals surface area contributed by atoms with E-state index in [-0.39, 0.29) is 0 Å². The van der Waals surface area contributed by atoms with Crippen LogP contribution in [-0.4, -0.2) is 18.1 Å². The third-order valence-electron chi connectivity index (χ3n) is 5.83. The van der Waals surface area contributed by atoms with Crippen LogP contribution in [0.1, 0.15) is 44.1 Å². The molecule has 1 aromatic heterocycles. The summed E-state index contributed by atoms with van der Waals surface area (Å²) < 4.78 is 0. The molecular formula is C28H33N3. The number of nitrogens with one attached hydrogen (secondary N) is 2. The Morgan fingerprint density at radius 1 is 0.613 bits per heavy atom. The molecule has 1 heterocycles. The zero-order chi connectivity index (χ0) is 21.1. The van der Waals surface area contributed by atoms with Crippen LogP contribution in [-0.2, 0) is 6.54 Å². The van der Waals surface area contributed by atoms with Gasteiger partial charge in [0, 0.05) is 29.5 Å². The van der Waals surface area contributed by atoms with Crippen LogP contribution in [0.2, 0.25) is 0 Å². The number of nitrogens with zero attached hydrogens (tertiary/aromatic N) is 1. The molecule has 0 fully saturated rings. The number of hydrogen-bond acceptors (Lipinski definition) is 3. The Hall–Kier alpha value is -2.91. The first-order valence-corrected chi connectivity index (χ1v) is 11.7. The van der Waals surface area contributed by atoms with Gasteiger partial charge in [0.15, 0.2) is 0 Å². The van der Waals surface area contributed by atoms with Gasteiger partial charge >= 0.3 is 0 Å². The number of para-hydroxylation sites is 1. The van der Waals surface area contributed by atoms with E-state index in [1.54, 1.807) is 0 Å². The smallest absolute Gasteiger partial charge is 0.0730 e. The molecule has 0 amide bonds. The first-order valence-electron chi connectivity index (χ1n) is 11.7. The van der Waals surface area contributed by atoms with E-state index in [0.29, 0.717) is 0 Å². The van der Waals surface area contributed by atoms with Crippen LogP contribution in [0, 0.1) is 0 Å². The van der Waals surface area contributed by atoms with Gasteiger partial charge in [-0.1, -0.05) is 80.3 Å². The number of rotatable bonds is 12. The minimum absolute atomic E-state index is 0.978. The van der Waals surface area contributed by atoms with Gasteiger partial charge in [0.1, 0.15) is 0 Å². The minimum atomic E-state index is 0.978. The van der Waals surface area contributed by atoms with Crippen molar-refractivity contribution in [1.82, 2.24) is 10.3 Å². The molecular weight excluding hydrogens is 378 g/mol. The summed E-state index contributed by atoms with van der Waals surface area (Å²) in [6.45, 7) is 3.11. The Labute approximate surface area is 185 Å². The van der Waals surface area contributed by atoms with Crippen molar-refractivity contribution in [1.29, 1.82) is 0 Å². The highest BCUT2D eigenvalue weighted by atomic mass is 14.9. The molecule has 0 aliphatic carbocycles. The Morgan fingerprint density at radius 2 is 1.32 bits per heavy atom. The summed E-state index contributed by atoms with van der Waals surface area (Å²) in [6, 6.07) is 27.6. The molecule has 0 aliphatic heterocycles. The van der Waals surface area contributed by atoms with Crippen molar-refractivity contribution in [2.45, 2.75) is 45.1 Å². The number of pyridine rings is 1. The summed E-state index contributed by atoms with van der Waals surface area (Å²) in [5, 5.41) is 9.59. The van der Waals surface area contributed by atoms with Crippen molar-refractivity contribution < 1.29 is 0 Å². The lowest BCUT2D eigenvalue weighted by molar-refractivity contribution is 0.569. The van der Waals surface area contributed by atoms with Gasteiger partial charge in [-0.15, -0.1) is 0 Å². The van der Waals surface area contributed by atoms with E-state index in [9.17, 15) is 0 Å². The summed E-state index contributed by atoms with van der Waals surface area (Å²) in [6.07, 6.45) is 7.73. The number of aromatic nitrogens is 1. The zero-order valence-corrected chi connectivity index (χ0v) is 18.3. The van der Waals surface area contributed by atoms with Crippen LogP contribution < -0.4 is 10.6 Å². The van der Waals surface area contributed by atoms with Crippen molar-refractivity contribution in [3.8, 4) is 0 Å². The molecule has 0 spiro atoms. The van der Waals surface area contributed by atoms with Gasteiger partial charge in [0.05, 0.1) is 11.0 Å². The van der Waals surface area contributed by atoms with Gasteiger partial charge < -0.3 is 10.6 Å². The lowest BCUT2D eigenvalue weighted by Crippen LogP contribution is -2.14. The van der Waals surface area contributed by atoms with Crippen molar-refractivity contribution in [3.05, 3.63) is 84.4 Å². The number of unbranched alkanes of at least 4 members (excludes halogenated alkanes) is 5. The normalized spacial score (nSPS) is 11.2. The minimum Gasteiger partial charge on any atom is -0.384 e. The zero-order valence-electron chi connectivity index (χ0n) is 18.3. The van der Waals surface area contributed by atoms with Crippen LogP contribution in [0.5, 0.6) is 0 Å². The van der Waals surface area contributed by atoms with E-state index >= 15 is 0 Å². The summed E-state index contributed by atoms with van der Waals surface area (Å²) >= 11 is 0. The molecule has 160 valence electrons. The van der Waals surface area contributed by atoms with Crippen LogP contribution in [0.15, 0.2) is 78.9 Å². The molecule has 0 atom stereocenters. The van der Waals surface area contributed by atoms with Crippen LogP contribution >= 0.6 is 0 Å². The van der Waals surface area contributed by atoms with E-state index in [0.717, 1.165) is 30.7 Å². The fraction of sp³-hybridized carbons (Fsp3) is 0.321. The molecule has 0 saturated carbocycles. The molecule has 0 radical (unpaired) electrons. The third kappa shape index (κ3) is 6.28. The van der Waals surface area contributed by atoms with Gasteiger partial charge in [-0.25, -0.2) is 4.98 Å². The molecule has 31 heavy (non-hydrogen) atoms. The fourth-order valence-corrected chi connectivity index (χ4v) is 4.09. The maximum Gasteiger partial charge on any atom is 0.0730 e. The van der Waals surface area contributed by atoms with E-state index in [2.05, 4.69) is 83.4 Å². The highest BCUT2D eigenvalue weighted by molar-refractivity contribution is 5.99. The second-order valence-corrected chi connectivity index (χ2v) is 8.26. The lowest BCUT2D eigenvalue weighted by atomic mass is 10.1. The predicted molar refractivity (Wildman–Crippen MR) is 134 cm³/mol. The molecule has 3 nitrogen and oxygen atoms in total. The summed E-state index contributed by atoms with van der Waals surface area (Å²) in [4.78, 5) is 4.81. The molecule has 0 bridgehead atoms. The number of fused-ring (bicyclic) bond motifs is 2. The Kier molecular flexibility index (Phi) is 7.89. The van der Waals surface area contributed by atoms with Crippen molar-refractivity contribution in [3.63, 3.8) is 0 Å². The molecule has 2 N–H and O–H groups in total. The summed E-state index contributed by atoms with van der Waals surface area (Å²) in [5.41, 5.74) is 4.68. The largest absolute Gasteiger partial charge is 0.384 e. The second kappa shape index (κ2) is 11.5. The van der Waals surface area contributed by atoms with Crippen LogP contribution in [0.25, 0.3) is 21.8 Å². The number of benzene rings is 3. The SMILES string of the molecule is c1ccc(CNCCCCCCCCNc2cccc3nc4ccccc4cc23)cc1. The van der Waals surface area contributed by atoms with Gasteiger partial charge in [0.2, 0.25) is 0 Å². The molecule has 4 aromatic rings. The van der Waals surface area contributed by atoms with E-state index in [1.165, 1.54) is 60.5 Å². The number of hydrogen-bond donors (Lipinski definition) is 2. The average molecular weight is 412 g/mol. The Morgan fingerprint density at radius 3 is 2.19 bits per heavy atom. The fourth-order valence-electron chi connectivity index (χ4n) is 4.09. The molecule has 0 unspecified atom stereocenters. The van der Waals surface area contributed by atoms with Crippen LogP contribution in [0.3, 0.4) is 0 Å². The maximum absolute atomic E-state index is 4.81. The standard InChI is InChI=1S/C28H33N3/c1(3-10-19-29-22-23-13-6-5-7-14-23)2-4-11-20-30-27-17-12-18-28-25(27)21-24-15-8-9-16-26(24)31-28/h5-9,12-18,21,29-30H,1-4,10-11,19-20,22H2.